The van der Waals surface area contributed by atoms with Gasteiger partial charge in [-0.2, -0.15) is 0 Å². The van der Waals surface area contributed by atoms with Crippen molar-refractivity contribution < 1.29 is 19.1 Å². The maximum Gasteiger partial charge on any atom is 0.408 e. The van der Waals surface area contributed by atoms with Crippen LogP contribution in [0.3, 0.4) is 0 Å². The van der Waals surface area contributed by atoms with Crippen molar-refractivity contribution in [3.63, 3.8) is 0 Å². The summed E-state index contributed by atoms with van der Waals surface area (Å²) in [5.41, 5.74) is 0.567. The van der Waals surface area contributed by atoms with Crippen molar-refractivity contribution in [2.75, 3.05) is 0 Å². The highest BCUT2D eigenvalue weighted by Crippen LogP contribution is 2.42. The van der Waals surface area contributed by atoms with Crippen LogP contribution < -0.4 is 5.32 Å². The first-order chi connectivity index (χ1) is 17.6. The topological polar surface area (TPSA) is 64.6 Å². The number of hydrogen-bond acceptors (Lipinski definition) is 4. The van der Waals surface area contributed by atoms with E-state index in [4.69, 9.17) is 9.47 Å². The number of alkyl carbamates (subject to hydrolysis) is 1. The lowest BCUT2D eigenvalue weighted by Gasteiger charge is -2.42. The van der Waals surface area contributed by atoms with Gasteiger partial charge in [0.2, 0.25) is 0 Å². The monoisotopic (exact) mass is 497 g/mol. The Kier molecular flexibility index (Phi) is 10.1. The van der Waals surface area contributed by atoms with Crippen molar-refractivity contribution in [2.24, 2.45) is 17.8 Å². The van der Waals surface area contributed by atoms with Gasteiger partial charge in [0.1, 0.15) is 18.2 Å². The highest BCUT2D eigenvalue weighted by Gasteiger charge is 2.43. The van der Waals surface area contributed by atoms with E-state index in [1.165, 1.54) is 44.9 Å². The van der Waals surface area contributed by atoms with Gasteiger partial charge in [0.05, 0.1) is 0 Å². The Labute approximate surface area is 218 Å². The van der Waals surface area contributed by atoms with E-state index in [0.717, 1.165) is 63.4 Å². The van der Waals surface area contributed by atoms with Gasteiger partial charge in [-0.15, -0.1) is 0 Å². The standard InChI is InChI=1S/C31H47NO4/c1-2-31(21-13-6-14-22-31)36-30(34)32-28(29(33)35-23-24-15-7-3-8-16-24)27(25-17-9-4-10-18-25)26-19-11-5-12-20-26/h3,7-8,15-16,25-28H,2,4-6,9-14,17-23H2,1H3,(H,32,34). The second-order valence-corrected chi connectivity index (χ2v) is 11.6. The smallest absolute Gasteiger partial charge is 0.408 e. The lowest BCUT2D eigenvalue weighted by molar-refractivity contribution is -0.151. The van der Waals surface area contributed by atoms with Gasteiger partial charge < -0.3 is 14.8 Å². The molecule has 1 N–H and O–H groups in total. The largest absolute Gasteiger partial charge is 0.459 e. The number of amides is 1. The summed E-state index contributed by atoms with van der Waals surface area (Å²) < 4.78 is 12.0. The van der Waals surface area contributed by atoms with E-state index in [0.29, 0.717) is 11.8 Å². The Morgan fingerprint density at radius 3 is 1.97 bits per heavy atom. The first kappa shape index (κ1) is 27.0. The molecule has 0 aromatic heterocycles. The van der Waals surface area contributed by atoms with Crippen molar-refractivity contribution in [3.05, 3.63) is 35.9 Å². The number of carbonyl (C=O) groups is 2. The number of esters is 1. The number of nitrogens with one attached hydrogen (secondary N) is 1. The Morgan fingerprint density at radius 1 is 0.861 bits per heavy atom. The van der Waals surface area contributed by atoms with Crippen LogP contribution in [0, 0.1) is 17.8 Å². The summed E-state index contributed by atoms with van der Waals surface area (Å²) in [5, 5.41) is 3.12. The molecular formula is C31H47NO4. The lowest BCUT2D eigenvalue weighted by atomic mass is 9.66. The molecule has 0 spiro atoms. The predicted octanol–water partition coefficient (Wildman–Crippen LogP) is 7.71. The minimum absolute atomic E-state index is 0.116. The molecule has 0 radical (unpaired) electrons. The highest BCUT2D eigenvalue weighted by atomic mass is 16.6. The van der Waals surface area contributed by atoms with E-state index in [2.05, 4.69) is 12.2 Å². The molecule has 36 heavy (non-hydrogen) atoms. The molecule has 5 nitrogen and oxygen atoms in total. The summed E-state index contributed by atoms with van der Waals surface area (Å²) in [6.07, 6.45) is 17.5. The summed E-state index contributed by atoms with van der Waals surface area (Å²) in [6, 6.07) is 9.16. The molecule has 0 heterocycles. The summed E-state index contributed by atoms with van der Waals surface area (Å²) in [4.78, 5) is 27.1. The van der Waals surface area contributed by atoms with Crippen molar-refractivity contribution >= 4 is 12.1 Å². The molecule has 0 bridgehead atoms. The molecule has 1 aromatic carbocycles. The molecule has 3 saturated carbocycles. The summed E-state index contributed by atoms with van der Waals surface area (Å²) in [7, 11) is 0. The van der Waals surface area contributed by atoms with Gasteiger partial charge in [0, 0.05) is 0 Å². The van der Waals surface area contributed by atoms with Crippen LogP contribution in [0.2, 0.25) is 0 Å². The van der Waals surface area contributed by atoms with E-state index in [1.807, 2.05) is 30.3 Å². The molecule has 1 amide bonds. The maximum absolute atomic E-state index is 13.7. The Hall–Kier alpha value is -2.04. The average Bonchev–Trinajstić information content (AvgIpc) is 2.93. The second kappa shape index (κ2) is 13.5. The van der Waals surface area contributed by atoms with E-state index < -0.39 is 17.7 Å². The van der Waals surface area contributed by atoms with Gasteiger partial charge in [0.15, 0.2) is 0 Å². The molecule has 0 aliphatic heterocycles. The predicted molar refractivity (Wildman–Crippen MR) is 142 cm³/mol. The zero-order valence-corrected chi connectivity index (χ0v) is 22.3. The molecule has 3 aliphatic rings. The summed E-state index contributed by atoms with van der Waals surface area (Å²) in [6.45, 7) is 2.34. The third-order valence-electron chi connectivity index (χ3n) is 9.24. The average molecular weight is 498 g/mol. The van der Waals surface area contributed by atoms with Crippen LogP contribution in [0.1, 0.15) is 115 Å². The minimum Gasteiger partial charge on any atom is -0.459 e. The van der Waals surface area contributed by atoms with Crippen molar-refractivity contribution in [1.82, 2.24) is 5.32 Å². The fourth-order valence-electron chi connectivity index (χ4n) is 7.18. The van der Waals surface area contributed by atoms with Gasteiger partial charge in [0.25, 0.3) is 0 Å². The van der Waals surface area contributed by atoms with Gasteiger partial charge >= 0.3 is 12.1 Å². The van der Waals surface area contributed by atoms with Crippen LogP contribution in [-0.4, -0.2) is 23.7 Å². The van der Waals surface area contributed by atoms with Crippen LogP contribution in [0.5, 0.6) is 0 Å². The molecule has 1 atom stereocenters. The van der Waals surface area contributed by atoms with Crippen molar-refractivity contribution in [1.29, 1.82) is 0 Å². The third-order valence-corrected chi connectivity index (χ3v) is 9.24. The van der Waals surface area contributed by atoms with Crippen LogP contribution >= 0.6 is 0 Å². The van der Waals surface area contributed by atoms with Crippen LogP contribution in [0.15, 0.2) is 30.3 Å². The molecular weight excluding hydrogens is 450 g/mol. The highest BCUT2D eigenvalue weighted by molar-refractivity contribution is 5.82. The van der Waals surface area contributed by atoms with Crippen LogP contribution in [-0.2, 0) is 20.9 Å². The van der Waals surface area contributed by atoms with Gasteiger partial charge in [-0.1, -0.05) is 108 Å². The molecule has 5 heteroatoms. The third kappa shape index (κ3) is 7.26. The molecule has 3 aliphatic carbocycles. The first-order valence-corrected chi connectivity index (χ1v) is 14.8. The molecule has 4 rings (SSSR count). The molecule has 1 unspecified atom stereocenters. The quantitative estimate of drug-likeness (QED) is 0.355. The van der Waals surface area contributed by atoms with Crippen molar-refractivity contribution in [3.8, 4) is 0 Å². The second-order valence-electron chi connectivity index (χ2n) is 11.6. The number of hydrogen-bond donors (Lipinski definition) is 1. The zero-order valence-electron chi connectivity index (χ0n) is 22.3. The zero-order chi connectivity index (χ0) is 25.2. The molecule has 0 saturated heterocycles. The van der Waals surface area contributed by atoms with E-state index in [1.54, 1.807) is 0 Å². The number of rotatable bonds is 9. The number of ether oxygens (including phenoxy) is 2. The summed E-state index contributed by atoms with van der Waals surface area (Å²) in [5.74, 6) is 0.717. The Balaban J connectivity index is 1.54. The minimum atomic E-state index is -0.648. The maximum atomic E-state index is 13.7. The lowest BCUT2D eigenvalue weighted by Crippen LogP contribution is -2.53. The number of benzene rings is 1. The number of carbonyl (C=O) groups excluding carboxylic acids is 2. The molecule has 200 valence electrons. The van der Waals surface area contributed by atoms with E-state index in [-0.39, 0.29) is 18.5 Å². The SMILES string of the molecule is CCC1(OC(=O)NC(C(=O)OCc2ccccc2)C(C2CCCCC2)C2CCCCC2)CCCCC1. The fourth-order valence-corrected chi connectivity index (χ4v) is 7.18. The Morgan fingerprint density at radius 2 is 1.42 bits per heavy atom. The van der Waals surface area contributed by atoms with E-state index in [9.17, 15) is 9.59 Å². The summed E-state index contributed by atoms with van der Waals surface area (Å²) >= 11 is 0. The van der Waals surface area contributed by atoms with Crippen LogP contribution in [0.25, 0.3) is 0 Å². The van der Waals surface area contributed by atoms with Gasteiger partial charge in [-0.25, -0.2) is 9.59 Å². The van der Waals surface area contributed by atoms with Gasteiger partial charge in [-0.3, -0.25) is 0 Å². The van der Waals surface area contributed by atoms with E-state index >= 15 is 0 Å². The molecule has 3 fully saturated rings. The van der Waals surface area contributed by atoms with Gasteiger partial charge in [-0.05, 0) is 55.4 Å². The normalized spacial score (nSPS) is 22.1. The molecule has 1 aromatic rings. The van der Waals surface area contributed by atoms with Crippen molar-refractivity contribution in [2.45, 2.75) is 128 Å². The Bertz CT molecular complexity index is 789. The fraction of sp³-hybridized carbons (Fsp3) is 0.742. The van der Waals surface area contributed by atoms with Crippen LogP contribution in [0.4, 0.5) is 4.79 Å². The first-order valence-electron chi connectivity index (χ1n) is 14.8.